The van der Waals surface area contributed by atoms with E-state index in [-0.39, 0.29) is 0 Å². The van der Waals surface area contributed by atoms with E-state index < -0.39 is 0 Å². The number of halogens is 1. The average molecular weight is 274 g/mol. The predicted molar refractivity (Wildman–Crippen MR) is 75.3 cm³/mol. The zero-order chi connectivity index (χ0) is 13.5. The molecule has 104 valence electrons. The molecule has 1 aromatic heterocycles. The number of nitrogens with one attached hydrogen (secondary N) is 1. The molecule has 0 radical (unpaired) electrons. The van der Waals surface area contributed by atoms with Crippen molar-refractivity contribution in [1.29, 1.82) is 0 Å². The van der Waals surface area contributed by atoms with Gasteiger partial charge in [-0.3, -0.25) is 4.68 Å². The maximum absolute atomic E-state index is 6.23. The molecular weight excluding hydrogens is 250 g/mol. The largest absolute Gasteiger partial charge is 0.383 e. The van der Waals surface area contributed by atoms with E-state index in [4.69, 9.17) is 16.3 Å². The third kappa shape index (κ3) is 4.26. The van der Waals surface area contributed by atoms with Crippen LogP contribution < -0.4 is 5.32 Å². The summed E-state index contributed by atoms with van der Waals surface area (Å²) in [6.45, 7) is 8.91. The van der Waals surface area contributed by atoms with Gasteiger partial charge in [-0.25, -0.2) is 0 Å². The highest BCUT2D eigenvalue weighted by Gasteiger charge is 2.18. The van der Waals surface area contributed by atoms with E-state index in [0.717, 1.165) is 30.2 Å². The minimum Gasteiger partial charge on any atom is -0.383 e. The van der Waals surface area contributed by atoms with Gasteiger partial charge in [0.15, 0.2) is 0 Å². The summed E-state index contributed by atoms with van der Waals surface area (Å²) in [7, 11) is 1.70. The van der Waals surface area contributed by atoms with Crippen molar-refractivity contribution < 1.29 is 4.74 Å². The molecule has 18 heavy (non-hydrogen) atoms. The van der Waals surface area contributed by atoms with E-state index >= 15 is 0 Å². The molecule has 0 fully saturated rings. The quantitative estimate of drug-likeness (QED) is 0.792. The summed E-state index contributed by atoms with van der Waals surface area (Å²) >= 11 is 6.23. The van der Waals surface area contributed by atoms with E-state index in [1.807, 2.05) is 4.68 Å². The third-order valence-corrected chi connectivity index (χ3v) is 3.36. The molecule has 0 bridgehead atoms. The molecule has 0 aliphatic carbocycles. The van der Waals surface area contributed by atoms with E-state index in [1.165, 1.54) is 0 Å². The van der Waals surface area contributed by atoms with Gasteiger partial charge in [-0.05, 0) is 19.9 Å². The maximum atomic E-state index is 6.23. The lowest BCUT2D eigenvalue weighted by Gasteiger charge is -2.19. The van der Waals surface area contributed by atoms with Crippen LogP contribution in [-0.4, -0.2) is 36.1 Å². The van der Waals surface area contributed by atoms with Crippen LogP contribution in [0.3, 0.4) is 0 Å². The predicted octanol–water partition coefficient (Wildman–Crippen LogP) is 2.67. The van der Waals surface area contributed by atoms with Gasteiger partial charge in [-0.15, -0.1) is 0 Å². The molecule has 0 saturated carbocycles. The number of hydrogen-bond acceptors (Lipinski definition) is 3. The van der Waals surface area contributed by atoms with Gasteiger partial charge >= 0.3 is 0 Å². The van der Waals surface area contributed by atoms with Crippen molar-refractivity contribution >= 4 is 11.6 Å². The number of aromatic nitrogens is 2. The van der Waals surface area contributed by atoms with Crippen LogP contribution in [-0.2, 0) is 11.3 Å². The second kappa shape index (κ2) is 7.77. The van der Waals surface area contributed by atoms with Crippen molar-refractivity contribution in [2.45, 2.75) is 45.7 Å². The van der Waals surface area contributed by atoms with Gasteiger partial charge in [0.05, 0.1) is 30.1 Å². The fourth-order valence-corrected chi connectivity index (χ4v) is 2.62. The molecule has 1 N–H and O–H groups in total. The highest BCUT2D eigenvalue weighted by Crippen LogP contribution is 2.27. The van der Waals surface area contributed by atoms with Gasteiger partial charge in [0, 0.05) is 19.1 Å². The molecule has 0 spiro atoms. The van der Waals surface area contributed by atoms with Crippen LogP contribution in [0, 0.1) is 0 Å². The first kappa shape index (κ1) is 15.5. The monoisotopic (exact) mass is 273 g/mol. The highest BCUT2D eigenvalue weighted by molar-refractivity contribution is 6.31. The number of ether oxygens (including phenoxy) is 1. The highest BCUT2D eigenvalue weighted by atomic mass is 35.5. The molecule has 5 heteroatoms. The van der Waals surface area contributed by atoms with Crippen molar-refractivity contribution in [1.82, 2.24) is 15.1 Å². The fraction of sp³-hybridized carbons (Fsp3) is 0.769. The topological polar surface area (TPSA) is 39.1 Å². The summed E-state index contributed by atoms with van der Waals surface area (Å²) in [5, 5.41) is 8.49. The molecule has 1 aromatic rings. The molecule has 0 aliphatic rings. The van der Waals surface area contributed by atoms with Crippen molar-refractivity contribution in [2.75, 3.05) is 20.3 Å². The van der Waals surface area contributed by atoms with Crippen LogP contribution in [0.4, 0.5) is 0 Å². The Kier molecular flexibility index (Phi) is 6.68. The van der Waals surface area contributed by atoms with Crippen LogP contribution >= 0.6 is 11.6 Å². The molecule has 0 aromatic carbocycles. The van der Waals surface area contributed by atoms with Crippen molar-refractivity contribution in [2.24, 2.45) is 0 Å². The lowest BCUT2D eigenvalue weighted by Crippen LogP contribution is -2.27. The first-order valence-electron chi connectivity index (χ1n) is 6.53. The first-order valence-corrected chi connectivity index (χ1v) is 6.91. The van der Waals surface area contributed by atoms with Gasteiger partial charge in [-0.2, -0.15) is 5.10 Å². The van der Waals surface area contributed by atoms with E-state index in [0.29, 0.717) is 18.6 Å². The third-order valence-electron chi connectivity index (χ3n) is 3.07. The Morgan fingerprint density at radius 2 is 2.22 bits per heavy atom. The SMILES string of the molecule is CCNC(C)CC(C)c1c(Cl)cnn1CCOC. The van der Waals surface area contributed by atoms with Crippen LogP contribution in [0.1, 0.15) is 38.8 Å². The summed E-state index contributed by atoms with van der Waals surface area (Å²) in [6.07, 6.45) is 2.77. The van der Waals surface area contributed by atoms with Gasteiger partial charge in [-0.1, -0.05) is 25.4 Å². The average Bonchev–Trinajstić information content (AvgIpc) is 2.68. The molecule has 1 heterocycles. The fourth-order valence-electron chi connectivity index (χ4n) is 2.29. The number of rotatable bonds is 8. The molecule has 2 atom stereocenters. The molecule has 4 nitrogen and oxygen atoms in total. The Morgan fingerprint density at radius 1 is 1.50 bits per heavy atom. The van der Waals surface area contributed by atoms with Gasteiger partial charge in [0.25, 0.3) is 0 Å². The van der Waals surface area contributed by atoms with Gasteiger partial charge < -0.3 is 10.1 Å². The molecule has 0 saturated heterocycles. The van der Waals surface area contributed by atoms with Crippen LogP contribution in [0.2, 0.25) is 5.02 Å². The number of nitrogens with zero attached hydrogens (tertiary/aromatic N) is 2. The number of methoxy groups -OCH3 is 1. The molecule has 1 rings (SSSR count). The van der Waals surface area contributed by atoms with Crippen LogP contribution in [0.5, 0.6) is 0 Å². The zero-order valence-corrected chi connectivity index (χ0v) is 12.5. The lowest BCUT2D eigenvalue weighted by atomic mass is 9.99. The second-order valence-corrected chi connectivity index (χ2v) is 5.10. The first-order chi connectivity index (χ1) is 8.60. The van der Waals surface area contributed by atoms with Crippen molar-refractivity contribution in [3.8, 4) is 0 Å². The van der Waals surface area contributed by atoms with Gasteiger partial charge in [0.2, 0.25) is 0 Å². The zero-order valence-electron chi connectivity index (χ0n) is 11.7. The Morgan fingerprint density at radius 3 is 2.83 bits per heavy atom. The standard InChI is InChI=1S/C13H24ClN3O/c1-5-15-11(3)8-10(2)13-12(14)9-16-17(13)6-7-18-4/h9-11,15H,5-8H2,1-4H3. The van der Waals surface area contributed by atoms with Crippen LogP contribution in [0.25, 0.3) is 0 Å². The van der Waals surface area contributed by atoms with Gasteiger partial charge in [0.1, 0.15) is 0 Å². The Balaban J connectivity index is 2.70. The van der Waals surface area contributed by atoms with E-state index in [9.17, 15) is 0 Å². The maximum Gasteiger partial charge on any atom is 0.0820 e. The Hall–Kier alpha value is -0.580. The second-order valence-electron chi connectivity index (χ2n) is 4.69. The van der Waals surface area contributed by atoms with E-state index in [2.05, 4.69) is 31.2 Å². The van der Waals surface area contributed by atoms with Crippen molar-refractivity contribution in [3.05, 3.63) is 16.9 Å². The summed E-state index contributed by atoms with van der Waals surface area (Å²) in [6, 6.07) is 0.479. The smallest absolute Gasteiger partial charge is 0.0820 e. The molecule has 0 aliphatic heterocycles. The molecule has 0 amide bonds. The number of hydrogen-bond donors (Lipinski definition) is 1. The summed E-state index contributed by atoms with van der Waals surface area (Å²) < 4.78 is 7.05. The van der Waals surface area contributed by atoms with Crippen LogP contribution in [0.15, 0.2) is 6.20 Å². The summed E-state index contributed by atoms with van der Waals surface area (Å²) in [4.78, 5) is 0. The Bertz CT molecular complexity index is 354. The summed E-state index contributed by atoms with van der Waals surface area (Å²) in [5.74, 6) is 0.380. The minimum atomic E-state index is 0.380. The van der Waals surface area contributed by atoms with Crippen molar-refractivity contribution in [3.63, 3.8) is 0 Å². The Labute approximate surface area is 115 Å². The normalized spacial score (nSPS) is 14.7. The molecule has 2 unspecified atom stereocenters. The van der Waals surface area contributed by atoms with E-state index in [1.54, 1.807) is 13.3 Å². The lowest BCUT2D eigenvalue weighted by molar-refractivity contribution is 0.182. The summed E-state index contributed by atoms with van der Waals surface area (Å²) in [5.41, 5.74) is 1.11. The minimum absolute atomic E-state index is 0.380. The molecular formula is C13H24ClN3O.